The van der Waals surface area contributed by atoms with Gasteiger partial charge in [0.25, 0.3) is 0 Å². The molecule has 4 radical (unpaired) electrons. The van der Waals surface area contributed by atoms with Crippen LogP contribution >= 0.6 is 0 Å². The van der Waals surface area contributed by atoms with Crippen molar-refractivity contribution in [3.8, 4) is 17.6 Å². The van der Waals surface area contributed by atoms with Crippen molar-refractivity contribution in [2.75, 3.05) is 0 Å². The van der Waals surface area contributed by atoms with Gasteiger partial charge in [-0.25, -0.2) is 4.39 Å². The summed E-state index contributed by atoms with van der Waals surface area (Å²) in [6.45, 7) is 0. The molecule has 0 aromatic heterocycles. The molecular formula is C18H8B2F5NO. The number of rotatable bonds is 2. The maximum Gasteiger partial charge on any atom is 0.336 e. The molecule has 0 amide bonds. The third kappa shape index (κ3) is 2.32. The van der Waals surface area contributed by atoms with E-state index in [0.29, 0.717) is 0 Å². The maximum absolute atomic E-state index is 14.4. The highest BCUT2D eigenvalue weighted by Crippen LogP contribution is 2.69. The number of alkyl halides is 4. The van der Waals surface area contributed by atoms with Crippen LogP contribution in [0.15, 0.2) is 30.3 Å². The first kappa shape index (κ1) is 17.9. The minimum Gasteiger partial charge on any atom is -0.457 e. The molecule has 1 unspecified atom stereocenters. The standard InChI is InChI=1S/C18H8B2F5NO/c19-16(20)6-11-13(27-10-4-8(7-26)3-9(21)5-10)2-1-12-14(11)15(16)18(24,25)17(12,22)23/h1-5,15H,6H2. The van der Waals surface area contributed by atoms with Crippen molar-refractivity contribution < 1.29 is 26.7 Å². The summed E-state index contributed by atoms with van der Waals surface area (Å²) >= 11 is 0. The Labute approximate surface area is 153 Å². The molecule has 0 spiro atoms. The fourth-order valence-electron chi connectivity index (χ4n) is 3.90. The topological polar surface area (TPSA) is 33.0 Å². The van der Waals surface area contributed by atoms with Crippen LogP contribution in [0.5, 0.6) is 11.5 Å². The van der Waals surface area contributed by atoms with Crippen molar-refractivity contribution in [2.24, 2.45) is 0 Å². The smallest absolute Gasteiger partial charge is 0.336 e. The Morgan fingerprint density at radius 1 is 1.11 bits per heavy atom. The van der Waals surface area contributed by atoms with Gasteiger partial charge in [-0.05, 0) is 41.8 Å². The zero-order valence-electron chi connectivity index (χ0n) is 13.6. The van der Waals surface area contributed by atoms with Gasteiger partial charge in [-0.3, -0.25) is 0 Å². The molecule has 0 heterocycles. The van der Waals surface area contributed by atoms with E-state index in [2.05, 4.69) is 0 Å². The first-order chi connectivity index (χ1) is 12.5. The molecule has 1 atom stereocenters. The quantitative estimate of drug-likeness (QED) is 0.582. The first-order valence-electron chi connectivity index (χ1n) is 7.87. The van der Waals surface area contributed by atoms with E-state index < -0.39 is 34.4 Å². The van der Waals surface area contributed by atoms with Crippen LogP contribution in [0.2, 0.25) is 5.21 Å². The predicted octanol–water partition coefficient (Wildman–Crippen LogP) is 4.32. The van der Waals surface area contributed by atoms with Gasteiger partial charge in [0.05, 0.1) is 27.3 Å². The van der Waals surface area contributed by atoms with Gasteiger partial charge in [-0.15, -0.1) is 0 Å². The zero-order valence-corrected chi connectivity index (χ0v) is 13.6. The van der Waals surface area contributed by atoms with Crippen LogP contribution in [0.3, 0.4) is 0 Å². The Bertz CT molecular complexity index is 1020. The van der Waals surface area contributed by atoms with Gasteiger partial charge in [-0.2, -0.15) is 22.8 Å². The number of halogens is 5. The lowest BCUT2D eigenvalue weighted by molar-refractivity contribution is -0.216. The second kappa shape index (κ2) is 5.28. The highest BCUT2D eigenvalue weighted by molar-refractivity contribution is 6.41. The second-order valence-corrected chi connectivity index (χ2v) is 6.81. The number of hydrogen-bond acceptors (Lipinski definition) is 2. The van der Waals surface area contributed by atoms with Gasteiger partial charge >= 0.3 is 11.8 Å². The molecule has 27 heavy (non-hydrogen) atoms. The van der Waals surface area contributed by atoms with Crippen LogP contribution < -0.4 is 4.74 Å². The largest absolute Gasteiger partial charge is 0.457 e. The number of ether oxygens (including phenoxy) is 1. The van der Waals surface area contributed by atoms with Gasteiger partial charge in [0.2, 0.25) is 0 Å². The van der Waals surface area contributed by atoms with E-state index in [1.165, 1.54) is 6.07 Å². The van der Waals surface area contributed by atoms with Crippen LogP contribution in [0, 0.1) is 17.1 Å². The van der Waals surface area contributed by atoms with Crippen molar-refractivity contribution >= 4 is 15.7 Å². The number of benzene rings is 2. The molecule has 2 nitrogen and oxygen atoms in total. The summed E-state index contributed by atoms with van der Waals surface area (Å²) in [6, 6.07) is 6.88. The summed E-state index contributed by atoms with van der Waals surface area (Å²) in [5.41, 5.74) is -1.16. The van der Waals surface area contributed by atoms with E-state index in [1.807, 2.05) is 0 Å². The van der Waals surface area contributed by atoms with Crippen LogP contribution in [0.1, 0.15) is 28.2 Å². The molecule has 9 heteroatoms. The molecule has 0 fully saturated rings. The van der Waals surface area contributed by atoms with Crippen molar-refractivity contribution in [1.29, 1.82) is 5.26 Å². The fourth-order valence-corrected chi connectivity index (χ4v) is 3.90. The number of nitriles is 1. The third-order valence-electron chi connectivity index (χ3n) is 4.97. The van der Waals surface area contributed by atoms with Crippen LogP contribution in [-0.4, -0.2) is 21.6 Å². The van der Waals surface area contributed by atoms with E-state index in [0.717, 1.165) is 24.3 Å². The molecule has 0 aliphatic heterocycles. The van der Waals surface area contributed by atoms with Crippen LogP contribution in [0.25, 0.3) is 0 Å². The highest BCUT2D eigenvalue weighted by atomic mass is 19.3. The van der Waals surface area contributed by atoms with Crippen molar-refractivity contribution in [1.82, 2.24) is 0 Å². The zero-order chi connectivity index (χ0) is 19.8. The van der Waals surface area contributed by atoms with Crippen LogP contribution in [0.4, 0.5) is 22.0 Å². The summed E-state index contributed by atoms with van der Waals surface area (Å²) in [7, 11) is 11.5. The van der Waals surface area contributed by atoms with E-state index >= 15 is 0 Å². The Kier molecular flexibility index (Phi) is 3.50. The van der Waals surface area contributed by atoms with Gasteiger partial charge < -0.3 is 4.74 Å². The van der Waals surface area contributed by atoms with E-state index in [-0.39, 0.29) is 34.6 Å². The van der Waals surface area contributed by atoms with Crippen molar-refractivity contribution in [2.45, 2.75) is 29.4 Å². The van der Waals surface area contributed by atoms with Gasteiger partial charge in [0.15, 0.2) is 0 Å². The predicted molar refractivity (Wildman–Crippen MR) is 87.1 cm³/mol. The Morgan fingerprint density at radius 2 is 1.81 bits per heavy atom. The summed E-state index contributed by atoms with van der Waals surface area (Å²) in [5.74, 6) is -11.8. The van der Waals surface area contributed by atoms with E-state index in [9.17, 15) is 22.0 Å². The lowest BCUT2D eigenvalue weighted by atomic mass is 9.48. The summed E-state index contributed by atoms with van der Waals surface area (Å²) in [4.78, 5) is 0. The van der Waals surface area contributed by atoms with Gasteiger partial charge in [-0.1, -0.05) is 5.21 Å². The minimum absolute atomic E-state index is 0.0227. The molecule has 2 aliphatic carbocycles. The lowest BCUT2D eigenvalue weighted by Gasteiger charge is -2.33. The first-order valence-corrected chi connectivity index (χ1v) is 7.87. The van der Waals surface area contributed by atoms with Crippen molar-refractivity contribution in [3.05, 3.63) is 58.4 Å². The second-order valence-electron chi connectivity index (χ2n) is 6.81. The highest BCUT2D eigenvalue weighted by Gasteiger charge is 2.73. The molecular weight excluding hydrogens is 363 g/mol. The number of nitrogens with zero attached hydrogens (tertiary/aromatic N) is 1. The molecule has 0 saturated carbocycles. The monoisotopic (exact) mass is 371 g/mol. The SMILES string of the molecule is [B]C1([B])Cc2c(Oc3cc(F)cc(C#N)c3)ccc3c2C1C(F)(F)C3(F)F. The molecule has 2 aliphatic rings. The molecule has 2 aromatic carbocycles. The maximum atomic E-state index is 14.4. The fraction of sp³-hybridized carbons (Fsp3) is 0.278. The normalized spacial score (nSPS) is 22.9. The molecule has 4 rings (SSSR count). The molecule has 0 N–H and O–H groups in total. The van der Waals surface area contributed by atoms with Gasteiger partial charge in [0.1, 0.15) is 17.3 Å². The molecule has 0 saturated heterocycles. The lowest BCUT2D eigenvalue weighted by Crippen LogP contribution is -2.41. The Hall–Kier alpha value is -2.49. The Balaban J connectivity index is 1.86. The molecule has 0 bridgehead atoms. The van der Waals surface area contributed by atoms with Gasteiger partial charge in [0, 0.05) is 17.5 Å². The number of hydrogen-bond donors (Lipinski definition) is 0. The molecule has 2 aromatic rings. The molecule has 132 valence electrons. The minimum atomic E-state index is -4.45. The summed E-state index contributed by atoms with van der Waals surface area (Å²) in [5, 5.41) is 6.80. The van der Waals surface area contributed by atoms with E-state index in [4.69, 9.17) is 25.7 Å². The van der Waals surface area contributed by atoms with Crippen molar-refractivity contribution in [3.63, 3.8) is 0 Å². The van der Waals surface area contributed by atoms with E-state index in [1.54, 1.807) is 6.07 Å². The Morgan fingerprint density at radius 3 is 2.48 bits per heavy atom. The third-order valence-corrected chi connectivity index (χ3v) is 4.97. The average Bonchev–Trinajstić information content (AvgIpc) is 2.93. The summed E-state index contributed by atoms with van der Waals surface area (Å²) in [6.07, 6.45) is -0.317. The summed E-state index contributed by atoms with van der Waals surface area (Å²) < 4.78 is 76.4. The van der Waals surface area contributed by atoms with Crippen LogP contribution in [-0.2, 0) is 12.3 Å². The average molecular weight is 371 g/mol.